The van der Waals surface area contributed by atoms with Gasteiger partial charge in [0.2, 0.25) is 0 Å². The van der Waals surface area contributed by atoms with Crippen LogP contribution >= 0.6 is 0 Å². The summed E-state index contributed by atoms with van der Waals surface area (Å²) in [7, 11) is 0. The molecule has 0 aliphatic carbocycles. The Morgan fingerprint density at radius 3 is 1.88 bits per heavy atom. The first-order valence-electron chi connectivity index (χ1n) is 7.26. The van der Waals surface area contributed by atoms with Crippen LogP contribution in [-0.2, 0) is 0 Å². The highest BCUT2D eigenvalue weighted by Gasteiger charge is 2.10. The van der Waals surface area contributed by atoms with Gasteiger partial charge in [0.05, 0.1) is 16.9 Å². The predicted octanol–water partition coefficient (Wildman–Crippen LogP) is 4.31. The Hall–Kier alpha value is -3.65. The van der Waals surface area contributed by atoms with E-state index in [0.717, 1.165) is 0 Å². The zero-order valence-electron chi connectivity index (χ0n) is 12.8. The Balaban J connectivity index is 1.88. The number of hydrogen-bond donors (Lipinski definition) is 2. The molecule has 0 atom stereocenters. The smallest absolute Gasteiger partial charge is 0.150 e. The van der Waals surface area contributed by atoms with Gasteiger partial charge in [-0.15, -0.1) is 0 Å². The van der Waals surface area contributed by atoms with Gasteiger partial charge in [-0.3, -0.25) is 0 Å². The highest BCUT2D eigenvalue weighted by molar-refractivity contribution is 5.57. The summed E-state index contributed by atoms with van der Waals surface area (Å²) >= 11 is 0. The topological polar surface area (TPSA) is 94.3 Å². The lowest BCUT2D eigenvalue weighted by molar-refractivity contribution is 0.470. The van der Waals surface area contributed by atoms with Gasteiger partial charge < -0.3 is 20.9 Å². The molecule has 3 rings (SSSR count). The van der Waals surface area contributed by atoms with E-state index in [0.29, 0.717) is 39.9 Å². The Morgan fingerprint density at radius 1 is 0.708 bits per heavy atom. The highest BCUT2D eigenvalue weighted by Crippen LogP contribution is 2.33. The van der Waals surface area contributed by atoms with Crippen LogP contribution in [-0.4, -0.2) is 0 Å². The van der Waals surface area contributed by atoms with Crippen molar-refractivity contribution in [3.8, 4) is 29.1 Å². The third-order valence-corrected chi connectivity index (χ3v) is 3.36. The summed E-state index contributed by atoms with van der Waals surface area (Å²) in [5.41, 5.74) is 13.1. The maximum Gasteiger partial charge on any atom is 0.150 e. The Morgan fingerprint density at radius 2 is 1.29 bits per heavy atom. The van der Waals surface area contributed by atoms with Gasteiger partial charge in [0, 0.05) is 6.07 Å². The fourth-order valence-electron chi connectivity index (χ4n) is 2.14. The molecular formula is C19H15N3O2. The minimum Gasteiger partial charge on any atom is -0.455 e. The fourth-order valence-corrected chi connectivity index (χ4v) is 2.14. The molecule has 5 nitrogen and oxygen atoms in total. The quantitative estimate of drug-likeness (QED) is 0.699. The molecule has 24 heavy (non-hydrogen) atoms. The molecule has 118 valence electrons. The van der Waals surface area contributed by atoms with E-state index in [9.17, 15) is 5.26 Å². The van der Waals surface area contributed by atoms with Crippen molar-refractivity contribution >= 4 is 11.4 Å². The number of benzene rings is 3. The number of anilines is 2. The molecule has 0 spiro atoms. The normalized spacial score (nSPS) is 9.96. The third kappa shape index (κ3) is 3.23. The number of nitrogens with two attached hydrogens (primary N) is 2. The lowest BCUT2D eigenvalue weighted by Gasteiger charge is -2.12. The number of ether oxygens (including phenoxy) is 2. The number of hydrogen-bond acceptors (Lipinski definition) is 5. The first-order chi connectivity index (χ1) is 11.7. The molecule has 0 amide bonds. The van der Waals surface area contributed by atoms with E-state index in [1.807, 2.05) is 24.3 Å². The van der Waals surface area contributed by atoms with Crippen molar-refractivity contribution in [3.05, 3.63) is 72.3 Å². The van der Waals surface area contributed by atoms with Gasteiger partial charge in [0.1, 0.15) is 29.1 Å². The molecule has 0 saturated carbocycles. The highest BCUT2D eigenvalue weighted by atomic mass is 16.5. The van der Waals surface area contributed by atoms with Gasteiger partial charge in [0.25, 0.3) is 0 Å². The van der Waals surface area contributed by atoms with Crippen molar-refractivity contribution in [2.45, 2.75) is 0 Å². The molecule has 0 bridgehead atoms. The maximum atomic E-state index is 9.37. The molecule has 0 aromatic heterocycles. The van der Waals surface area contributed by atoms with E-state index in [1.165, 1.54) is 0 Å². The van der Waals surface area contributed by atoms with Gasteiger partial charge in [-0.25, -0.2) is 0 Å². The molecule has 5 heteroatoms. The van der Waals surface area contributed by atoms with Crippen LogP contribution in [0.3, 0.4) is 0 Å². The molecule has 3 aromatic carbocycles. The largest absolute Gasteiger partial charge is 0.455 e. The van der Waals surface area contributed by atoms with Crippen LogP contribution in [0.4, 0.5) is 11.4 Å². The van der Waals surface area contributed by atoms with Crippen molar-refractivity contribution in [2.75, 3.05) is 11.5 Å². The van der Waals surface area contributed by atoms with Gasteiger partial charge in [0.15, 0.2) is 0 Å². The summed E-state index contributed by atoms with van der Waals surface area (Å²) in [6, 6.07) is 21.3. The maximum absolute atomic E-state index is 9.37. The average Bonchev–Trinajstić information content (AvgIpc) is 2.60. The average molecular weight is 317 g/mol. The Bertz CT molecular complexity index is 916. The first-order valence-corrected chi connectivity index (χ1v) is 7.26. The molecule has 0 unspecified atom stereocenters. The molecule has 0 fully saturated rings. The summed E-state index contributed by atoms with van der Waals surface area (Å²) in [6.07, 6.45) is 0. The van der Waals surface area contributed by atoms with Crippen LogP contribution in [0, 0.1) is 11.3 Å². The van der Waals surface area contributed by atoms with Crippen LogP contribution in [0.15, 0.2) is 66.7 Å². The third-order valence-electron chi connectivity index (χ3n) is 3.36. The predicted molar refractivity (Wildman–Crippen MR) is 93.0 cm³/mol. The number of nitrogen functional groups attached to an aromatic ring is 2. The van der Waals surface area contributed by atoms with Gasteiger partial charge in [-0.2, -0.15) is 5.26 Å². The minimum absolute atomic E-state index is 0.338. The van der Waals surface area contributed by atoms with Crippen molar-refractivity contribution in [1.82, 2.24) is 0 Å². The zero-order valence-corrected chi connectivity index (χ0v) is 12.8. The van der Waals surface area contributed by atoms with E-state index < -0.39 is 0 Å². The second-order valence-electron chi connectivity index (χ2n) is 5.05. The zero-order chi connectivity index (χ0) is 16.9. The lowest BCUT2D eigenvalue weighted by atomic mass is 10.2. The summed E-state index contributed by atoms with van der Waals surface area (Å²) in [6.45, 7) is 0. The number of nitriles is 1. The molecule has 0 saturated heterocycles. The van der Waals surface area contributed by atoms with E-state index in [4.69, 9.17) is 20.9 Å². The molecule has 0 aliphatic rings. The summed E-state index contributed by atoms with van der Waals surface area (Å²) in [5, 5.41) is 9.37. The lowest BCUT2D eigenvalue weighted by Crippen LogP contribution is -1.95. The first kappa shape index (κ1) is 15.3. The van der Waals surface area contributed by atoms with Crippen molar-refractivity contribution in [3.63, 3.8) is 0 Å². The fraction of sp³-hybridized carbons (Fsp3) is 0. The van der Waals surface area contributed by atoms with Crippen LogP contribution < -0.4 is 20.9 Å². The second kappa shape index (κ2) is 6.63. The van der Waals surface area contributed by atoms with Gasteiger partial charge >= 0.3 is 0 Å². The van der Waals surface area contributed by atoms with Gasteiger partial charge in [-0.05, 0) is 36.4 Å². The van der Waals surface area contributed by atoms with Crippen molar-refractivity contribution in [2.24, 2.45) is 0 Å². The van der Waals surface area contributed by atoms with Gasteiger partial charge in [-0.1, -0.05) is 24.3 Å². The van der Waals surface area contributed by atoms with Crippen molar-refractivity contribution < 1.29 is 9.47 Å². The molecule has 0 heterocycles. The number of rotatable bonds is 4. The van der Waals surface area contributed by atoms with E-state index in [1.54, 1.807) is 42.5 Å². The Kier molecular flexibility index (Phi) is 4.21. The second-order valence-corrected chi connectivity index (χ2v) is 5.05. The van der Waals surface area contributed by atoms with Crippen LogP contribution in [0.25, 0.3) is 0 Å². The monoisotopic (exact) mass is 317 g/mol. The number of nitrogens with zero attached hydrogens (tertiary/aromatic N) is 1. The summed E-state index contributed by atoms with van der Waals surface area (Å²) in [4.78, 5) is 0. The molecule has 0 radical (unpaired) electrons. The molecule has 4 N–H and O–H groups in total. The SMILES string of the molecule is N#Cc1cc(Oc2ccccc2N)ccc1Oc1ccccc1N. The summed E-state index contributed by atoms with van der Waals surface area (Å²) < 4.78 is 11.5. The van der Waals surface area contributed by atoms with E-state index in [2.05, 4.69) is 6.07 Å². The molecule has 0 aliphatic heterocycles. The molecule has 3 aromatic rings. The van der Waals surface area contributed by atoms with Crippen LogP contribution in [0.5, 0.6) is 23.0 Å². The Labute approximate surface area is 139 Å². The minimum atomic E-state index is 0.338. The van der Waals surface area contributed by atoms with Crippen LogP contribution in [0.2, 0.25) is 0 Å². The summed E-state index contributed by atoms with van der Waals surface area (Å²) in [5.74, 6) is 1.93. The standard InChI is InChI=1S/C19H15N3O2/c20-12-13-11-14(23-18-7-3-1-5-15(18)21)9-10-17(13)24-19-8-4-2-6-16(19)22/h1-11H,21-22H2. The van der Waals surface area contributed by atoms with E-state index >= 15 is 0 Å². The van der Waals surface area contributed by atoms with Crippen LogP contribution in [0.1, 0.15) is 5.56 Å². The number of para-hydroxylation sites is 4. The van der Waals surface area contributed by atoms with E-state index in [-0.39, 0.29) is 0 Å². The van der Waals surface area contributed by atoms with Crippen molar-refractivity contribution in [1.29, 1.82) is 5.26 Å². The molecular weight excluding hydrogens is 302 g/mol.